The van der Waals surface area contributed by atoms with Crippen molar-refractivity contribution in [3.05, 3.63) is 66.1 Å². The smallest absolute Gasteiger partial charge is 0.138 e. The predicted molar refractivity (Wildman–Crippen MR) is 99.0 cm³/mol. The number of aldehydes is 1. The first-order valence-electron chi connectivity index (χ1n) is 7.39. The van der Waals surface area contributed by atoms with Crippen molar-refractivity contribution in [2.75, 3.05) is 5.73 Å². The molecule has 135 valence electrons. The Bertz CT molecular complexity index is 529. The Morgan fingerprint density at radius 1 is 1.42 bits per heavy atom. The molecule has 1 unspecified atom stereocenters. The molecule has 24 heavy (non-hydrogen) atoms. The molecule has 0 aliphatic carbocycles. The average Bonchev–Trinajstić information content (AvgIpc) is 2.54. The largest absolute Gasteiger partial charge is 0.668 e. The van der Waals surface area contributed by atoms with Crippen LogP contribution >= 0.6 is 0 Å². The zero-order valence-electron chi connectivity index (χ0n) is 14.5. The van der Waals surface area contributed by atoms with E-state index in [1.165, 1.54) is 6.07 Å². The maximum Gasteiger partial charge on any atom is 0.138 e. The first-order chi connectivity index (χ1) is 10.9. The van der Waals surface area contributed by atoms with Crippen molar-refractivity contribution >= 4 is 12.0 Å². The van der Waals surface area contributed by atoms with Crippen LogP contribution in [0.3, 0.4) is 0 Å². The van der Waals surface area contributed by atoms with Crippen LogP contribution in [0, 0.1) is 0 Å². The molecular weight excluding hydrogens is 476 g/mol. The second-order valence-corrected chi connectivity index (χ2v) is 4.24. The molecule has 0 heterocycles. The van der Waals surface area contributed by atoms with Gasteiger partial charge in [-0.05, 0) is 43.2 Å². The van der Waals surface area contributed by atoms with Crippen LogP contribution in [0.4, 0.5) is 5.69 Å². The van der Waals surface area contributed by atoms with Gasteiger partial charge in [0.1, 0.15) is 12.0 Å². The topological polar surface area (TPSA) is 113 Å². The predicted octanol–water partition coefficient (Wildman–Crippen LogP) is 3.75. The number of allylic oxidation sites excluding steroid dienone is 4. The molecule has 6 heteroatoms. The summed E-state index contributed by atoms with van der Waals surface area (Å²) >= 11 is 0. The molecule has 0 spiro atoms. The fourth-order valence-electron chi connectivity index (χ4n) is 1.42. The van der Waals surface area contributed by atoms with E-state index in [0.717, 1.165) is 11.3 Å². The summed E-state index contributed by atoms with van der Waals surface area (Å²) in [5.41, 5.74) is 19.8. The Hall–Kier alpha value is -1.87. The molecule has 0 bridgehead atoms. The maximum absolute atomic E-state index is 10.2. The summed E-state index contributed by atoms with van der Waals surface area (Å²) in [4.78, 5) is 10.2. The van der Waals surface area contributed by atoms with Crippen LogP contribution in [-0.4, -0.2) is 17.4 Å². The van der Waals surface area contributed by atoms with Crippen LogP contribution < -0.4 is 11.5 Å². The summed E-state index contributed by atoms with van der Waals surface area (Å²) < 4.78 is 0. The van der Waals surface area contributed by atoms with E-state index in [2.05, 4.69) is 6.58 Å². The van der Waals surface area contributed by atoms with E-state index in [-0.39, 0.29) is 31.9 Å². The van der Waals surface area contributed by atoms with Gasteiger partial charge in [-0.3, -0.25) is 0 Å². The number of nitrogen functional groups attached to an aromatic ring is 1. The molecule has 6 N–H and O–H groups in total. The Morgan fingerprint density at radius 3 is 2.42 bits per heavy atom. The van der Waals surface area contributed by atoms with E-state index in [1.807, 2.05) is 32.9 Å². The first-order valence-corrected chi connectivity index (χ1v) is 7.39. The minimum absolute atomic E-state index is 0. The first kappa shape index (κ1) is 27.0. The van der Waals surface area contributed by atoms with Crippen LogP contribution in [-0.2, 0) is 31.6 Å². The number of rotatable bonds is 5. The van der Waals surface area contributed by atoms with Crippen LogP contribution in [0.5, 0.6) is 5.75 Å². The molecule has 1 rings (SSSR count). The van der Waals surface area contributed by atoms with Gasteiger partial charge in [-0.25, -0.2) is 0 Å². The van der Waals surface area contributed by atoms with E-state index in [9.17, 15) is 4.79 Å². The molecule has 0 aliphatic heterocycles. The monoisotopic (exact) mass is 505 g/mol. The van der Waals surface area contributed by atoms with Crippen LogP contribution in [0.1, 0.15) is 26.3 Å². The minimum Gasteiger partial charge on any atom is -0.668 e. The van der Waals surface area contributed by atoms with Crippen molar-refractivity contribution < 1.29 is 30.3 Å². The Kier molecular flexibility index (Phi) is 19.7. The van der Waals surface area contributed by atoms with Crippen LogP contribution in [0.15, 0.2) is 54.8 Å². The van der Waals surface area contributed by atoms with Gasteiger partial charge >= 0.3 is 0 Å². The van der Waals surface area contributed by atoms with Crippen molar-refractivity contribution in [2.24, 2.45) is 5.73 Å². The second-order valence-electron chi connectivity index (χ2n) is 4.24. The van der Waals surface area contributed by atoms with Crippen molar-refractivity contribution in [3.63, 3.8) is 0 Å². The number of hydrogen-bond acceptors (Lipinski definition) is 4. The van der Waals surface area contributed by atoms with Gasteiger partial charge in [0.25, 0.3) is 0 Å². The molecule has 5 nitrogen and oxygen atoms in total. The molecule has 0 saturated carbocycles. The van der Waals surface area contributed by atoms with Gasteiger partial charge in [-0.15, -0.1) is 0 Å². The number of carbonyl (C=O) groups is 1. The third-order valence-corrected chi connectivity index (χ3v) is 2.38. The average molecular weight is 505 g/mol. The number of hydrogen-bond donors (Lipinski definition) is 3. The summed E-state index contributed by atoms with van der Waals surface area (Å²) in [6.45, 7) is 9.41. The minimum atomic E-state index is -0.760. The Balaban J connectivity index is -0.000000350. The molecule has 0 aliphatic rings. The number of nitrogens with two attached hydrogens (primary N) is 2. The van der Waals surface area contributed by atoms with Gasteiger partial charge in [0, 0.05) is 26.1 Å². The maximum atomic E-state index is 10.2. The number of benzene rings is 1. The van der Waals surface area contributed by atoms with Gasteiger partial charge < -0.3 is 27.1 Å². The number of aromatic hydroxyl groups is 1. The Labute approximate surface area is 159 Å². The van der Waals surface area contributed by atoms with Crippen molar-refractivity contribution in [1.82, 2.24) is 0 Å². The van der Waals surface area contributed by atoms with E-state index < -0.39 is 6.04 Å². The summed E-state index contributed by atoms with van der Waals surface area (Å²) in [5, 5.41) is 9.09. The third kappa shape index (κ3) is 13.8. The van der Waals surface area contributed by atoms with Gasteiger partial charge in [0.05, 0.1) is 5.69 Å². The summed E-state index contributed by atoms with van der Waals surface area (Å²) in [5.74, 6) is 0.0244. The molecule has 0 saturated heterocycles. The van der Waals surface area contributed by atoms with Crippen molar-refractivity contribution in [3.8, 4) is 5.75 Å². The van der Waals surface area contributed by atoms with Gasteiger partial charge in [-0.2, -0.15) is 0 Å². The Morgan fingerprint density at radius 2 is 2.00 bits per heavy atom. The third-order valence-electron chi connectivity index (χ3n) is 2.38. The molecule has 1 radical (unpaired) electrons. The number of carbonyl (C=O) groups excluding carboxylic acids is 1. The molecule has 1 atom stereocenters. The normalized spacial score (nSPS) is 11.1. The van der Waals surface area contributed by atoms with E-state index in [1.54, 1.807) is 24.3 Å². The number of nitrogens with one attached hydrogen (secondary N) is 1. The summed E-state index contributed by atoms with van der Waals surface area (Å²) in [7, 11) is 0. The fourth-order valence-corrected chi connectivity index (χ4v) is 1.42. The summed E-state index contributed by atoms with van der Waals surface area (Å²) in [6, 6.07) is 3.92. The zero-order valence-corrected chi connectivity index (χ0v) is 17.2. The van der Waals surface area contributed by atoms with Gasteiger partial charge in [0.15, 0.2) is 0 Å². The van der Waals surface area contributed by atoms with E-state index >= 15 is 0 Å². The van der Waals surface area contributed by atoms with Crippen molar-refractivity contribution in [1.29, 1.82) is 0 Å². The van der Waals surface area contributed by atoms with Gasteiger partial charge in [-0.1, -0.05) is 44.7 Å². The van der Waals surface area contributed by atoms with Crippen molar-refractivity contribution in [2.45, 2.75) is 33.2 Å². The molecule has 1 aromatic rings. The number of phenols is 1. The quantitative estimate of drug-likeness (QED) is 0.245. The molecule has 0 amide bonds. The van der Waals surface area contributed by atoms with Crippen LogP contribution in [0.2, 0.25) is 0 Å². The molecule has 0 aromatic heterocycles. The molecule has 1 aromatic carbocycles. The van der Waals surface area contributed by atoms with E-state index in [4.69, 9.17) is 22.3 Å². The SMILES string of the molecule is C=C/C=C(N)\C=C/C.CC.[NH-]C(C=O)Cc1ccc(O)c(N)c1.[Re]. The fraction of sp³-hybridized carbons (Fsp3) is 0.278. The van der Waals surface area contributed by atoms with Crippen LogP contribution in [0.25, 0.3) is 5.73 Å². The van der Waals surface area contributed by atoms with E-state index in [0.29, 0.717) is 12.7 Å². The molecular formula is C18H28N3O2Re-. The molecule has 0 fully saturated rings. The zero-order chi connectivity index (χ0) is 18.3. The number of anilines is 1. The standard InChI is InChI=1S/C9H11N2O2.C7H11N.C2H6.Re/c10-7(5-12)3-6-1-2-9(13)8(11)4-6;1-3-5-7(8)6-4-2;1-2;/h1-2,4-5,7,10,13H,3,11H2;3-6H,1,8H2,2H3;1-2H3;/q-1;;;/b;6-4-,7-5+;;. The summed E-state index contributed by atoms with van der Waals surface area (Å²) in [6.07, 6.45) is 8.02. The van der Waals surface area contributed by atoms with Gasteiger partial charge in [0.2, 0.25) is 0 Å². The number of phenolic OH excluding ortho intramolecular Hbond substituents is 1. The second kappa shape index (κ2) is 17.5.